The molecule has 0 aromatic heterocycles. The van der Waals surface area contributed by atoms with Gasteiger partial charge in [0.1, 0.15) is 6.04 Å². The second-order valence-electron chi connectivity index (χ2n) is 4.77. The minimum Gasteiger partial charge on any atom is -0.370 e. The van der Waals surface area contributed by atoms with Gasteiger partial charge in [0.05, 0.1) is 10.7 Å². The number of rotatable bonds is 4. The molecule has 19 heavy (non-hydrogen) atoms. The summed E-state index contributed by atoms with van der Waals surface area (Å²) in [7, 11) is 2.01. The molecular formula is C13H18ClN3OS. The molecule has 2 rings (SSSR count). The Morgan fingerprint density at radius 3 is 2.89 bits per heavy atom. The predicted molar refractivity (Wildman–Crippen MR) is 83.3 cm³/mol. The van der Waals surface area contributed by atoms with Crippen LogP contribution in [0.1, 0.15) is 18.5 Å². The molecule has 2 unspecified atom stereocenters. The van der Waals surface area contributed by atoms with Crippen molar-refractivity contribution in [1.82, 2.24) is 0 Å². The van der Waals surface area contributed by atoms with Crippen LogP contribution in [0.2, 0.25) is 5.02 Å². The molecule has 0 fully saturated rings. The van der Waals surface area contributed by atoms with Crippen molar-refractivity contribution in [3.05, 3.63) is 22.7 Å². The summed E-state index contributed by atoms with van der Waals surface area (Å²) in [5.74, 6) is 0.832. The molecule has 0 radical (unpaired) electrons. The maximum Gasteiger partial charge on any atom is 0.245 e. The maximum absolute atomic E-state index is 11.6. The molecule has 6 heteroatoms. The van der Waals surface area contributed by atoms with Crippen molar-refractivity contribution >= 4 is 40.6 Å². The van der Waals surface area contributed by atoms with E-state index in [4.69, 9.17) is 17.3 Å². The van der Waals surface area contributed by atoms with E-state index in [1.54, 1.807) is 17.8 Å². The lowest BCUT2D eigenvalue weighted by molar-refractivity contribution is -0.116. The van der Waals surface area contributed by atoms with Crippen molar-refractivity contribution in [1.29, 1.82) is 0 Å². The molecular weight excluding hydrogens is 282 g/mol. The van der Waals surface area contributed by atoms with Crippen molar-refractivity contribution in [2.24, 2.45) is 5.73 Å². The van der Waals surface area contributed by atoms with Crippen molar-refractivity contribution in [2.45, 2.75) is 19.0 Å². The molecule has 0 spiro atoms. The largest absolute Gasteiger partial charge is 0.370 e. The summed E-state index contributed by atoms with van der Waals surface area (Å²) in [6.07, 6.45) is 2.08. The normalized spacial score (nSPS) is 19.0. The lowest BCUT2D eigenvalue weighted by Crippen LogP contribution is -2.31. The Bertz CT molecular complexity index is 509. The fraction of sp³-hybridized carbons (Fsp3) is 0.462. The molecule has 3 N–H and O–H groups in total. The zero-order valence-electron chi connectivity index (χ0n) is 11.2. The van der Waals surface area contributed by atoms with Gasteiger partial charge in [-0.1, -0.05) is 11.6 Å². The monoisotopic (exact) mass is 299 g/mol. The summed E-state index contributed by atoms with van der Waals surface area (Å²) in [4.78, 5) is 13.7. The average molecular weight is 300 g/mol. The molecule has 0 bridgehead atoms. The van der Waals surface area contributed by atoms with E-state index in [-0.39, 0.29) is 5.91 Å². The van der Waals surface area contributed by atoms with Crippen LogP contribution in [0.4, 0.5) is 11.4 Å². The van der Waals surface area contributed by atoms with E-state index in [0.29, 0.717) is 11.1 Å². The number of nitrogens with two attached hydrogens (primary N) is 1. The van der Waals surface area contributed by atoms with Crippen LogP contribution in [0.3, 0.4) is 0 Å². The summed E-state index contributed by atoms with van der Waals surface area (Å²) in [6, 6.07) is 3.43. The van der Waals surface area contributed by atoms with Crippen LogP contribution in [0, 0.1) is 0 Å². The number of nitrogens with one attached hydrogen (secondary N) is 1. The first kappa shape index (κ1) is 14.5. The number of carbonyl (C=O) groups excluding carboxylic acids is 1. The molecule has 1 aliphatic rings. The Morgan fingerprint density at radius 1 is 1.58 bits per heavy atom. The van der Waals surface area contributed by atoms with Gasteiger partial charge in [-0.2, -0.15) is 11.8 Å². The fourth-order valence-corrected chi connectivity index (χ4v) is 3.17. The smallest absolute Gasteiger partial charge is 0.245 e. The van der Waals surface area contributed by atoms with Crippen molar-refractivity contribution in [3.8, 4) is 0 Å². The summed E-state index contributed by atoms with van der Waals surface area (Å²) in [5, 5.41) is 3.41. The molecule has 1 amide bonds. The second kappa shape index (κ2) is 5.61. The molecule has 1 aromatic rings. The van der Waals surface area contributed by atoms with Crippen LogP contribution in [0.15, 0.2) is 12.1 Å². The zero-order valence-corrected chi connectivity index (χ0v) is 12.8. The number of halogens is 1. The number of fused-ring (bicyclic) bond motifs is 1. The quantitative estimate of drug-likeness (QED) is 0.897. The highest BCUT2D eigenvalue weighted by molar-refractivity contribution is 7.98. The Hall–Kier alpha value is -0.910. The number of nitrogens with zero attached hydrogens (tertiary/aromatic N) is 1. The minimum absolute atomic E-state index is 0.178. The third kappa shape index (κ3) is 2.68. The molecule has 1 heterocycles. The maximum atomic E-state index is 11.6. The molecule has 104 valence electrons. The van der Waals surface area contributed by atoms with Gasteiger partial charge in [0.15, 0.2) is 0 Å². The van der Waals surface area contributed by atoms with E-state index >= 15 is 0 Å². The first-order valence-corrected chi connectivity index (χ1v) is 7.84. The molecule has 4 nitrogen and oxygen atoms in total. The summed E-state index contributed by atoms with van der Waals surface area (Å²) < 4.78 is 0. The van der Waals surface area contributed by atoms with Gasteiger partial charge in [-0.05, 0) is 25.3 Å². The van der Waals surface area contributed by atoms with Gasteiger partial charge in [-0.3, -0.25) is 4.79 Å². The first-order valence-electron chi connectivity index (χ1n) is 6.07. The molecule has 0 saturated carbocycles. The number of anilines is 2. The molecule has 2 atom stereocenters. The van der Waals surface area contributed by atoms with E-state index < -0.39 is 6.04 Å². The number of hydrogen-bond donors (Lipinski definition) is 2. The third-order valence-corrected chi connectivity index (χ3v) is 4.56. The van der Waals surface area contributed by atoms with Crippen molar-refractivity contribution < 1.29 is 4.79 Å². The zero-order chi connectivity index (χ0) is 14.2. The number of thioether (sulfide) groups is 1. The van der Waals surface area contributed by atoms with Gasteiger partial charge >= 0.3 is 0 Å². The van der Waals surface area contributed by atoms with Gasteiger partial charge in [0.2, 0.25) is 5.91 Å². The SMILES string of the molecule is CSCC(C)N(C)c1cc2c(cc1Cl)C(N)C(=O)N2. The van der Waals surface area contributed by atoms with Gasteiger partial charge < -0.3 is 16.0 Å². The summed E-state index contributed by atoms with van der Waals surface area (Å²) in [5.41, 5.74) is 8.25. The Labute approximate surface area is 122 Å². The van der Waals surface area contributed by atoms with Gasteiger partial charge in [-0.25, -0.2) is 0 Å². The highest BCUT2D eigenvalue weighted by atomic mass is 35.5. The van der Waals surface area contributed by atoms with Gasteiger partial charge in [-0.15, -0.1) is 0 Å². The van der Waals surface area contributed by atoms with E-state index in [9.17, 15) is 4.79 Å². The van der Waals surface area contributed by atoms with Crippen molar-refractivity contribution in [3.63, 3.8) is 0 Å². The topological polar surface area (TPSA) is 58.4 Å². The van der Waals surface area contributed by atoms with Crippen LogP contribution in [-0.2, 0) is 4.79 Å². The summed E-state index contributed by atoms with van der Waals surface area (Å²) in [6.45, 7) is 2.14. The first-order chi connectivity index (χ1) is 8.95. The van der Waals surface area contributed by atoms with Gasteiger partial charge in [0.25, 0.3) is 0 Å². The van der Waals surface area contributed by atoms with Crippen LogP contribution in [0.5, 0.6) is 0 Å². The molecule has 1 aromatic carbocycles. The summed E-state index contributed by atoms with van der Waals surface area (Å²) >= 11 is 8.11. The van der Waals surface area contributed by atoms with E-state index in [1.165, 1.54) is 0 Å². The molecule has 0 aliphatic carbocycles. The van der Waals surface area contributed by atoms with E-state index in [2.05, 4.69) is 23.4 Å². The highest BCUT2D eigenvalue weighted by Gasteiger charge is 2.29. The highest BCUT2D eigenvalue weighted by Crippen LogP contribution is 2.38. The number of carbonyl (C=O) groups is 1. The van der Waals surface area contributed by atoms with Crippen LogP contribution < -0.4 is 16.0 Å². The standard InChI is InChI=1S/C13H18ClN3OS/c1-7(6-19-3)17(2)11-5-10-8(4-9(11)14)12(15)13(18)16-10/h4-5,7,12H,6,15H2,1-3H3,(H,16,18). The lowest BCUT2D eigenvalue weighted by atomic mass is 10.1. The van der Waals surface area contributed by atoms with Crippen LogP contribution in [0.25, 0.3) is 0 Å². The molecule has 0 saturated heterocycles. The second-order valence-corrected chi connectivity index (χ2v) is 6.09. The minimum atomic E-state index is -0.615. The Morgan fingerprint density at radius 2 is 2.26 bits per heavy atom. The number of hydrogen-bond acceptors (Lipinski definition) is 4. The van der Waals surface area contributed by atoms with E-state index in [1.807, 2.05) is 13.1 Å². The van der Waals surface area contributed by atoms with Crippen LogP contribution >= 0.6 is 23.4 Å². The Kier molecular flexibility index (Phi) is 4.28. The van der Waals surface area contributed by atoms with E-state index in [0.717, 1.165) is 22.7 Å². The Balaban J connectivity index is 2.34. The fourth-order valence-electron chi connectivity index (χ4n) is 2.16. The third-order valence-electron chi connectivity index (χ3n) is 3.44. The predicted octanol–water partition coefficient (Wildman–Crippen LogP) is 2.48. The van der Waals surface area contributed by atoms with Crippen LogP contribution in [-0.4, -0.2) is 31.0 Å². The van der Waals surface area contributed by atoms with Gasteiger partial charge in [0, 0.05) is 30.1 Å². The number of benzene rings is 1. The lowest BCUT2D eigenvalue weighted by Gasteiger charge is -2.28. The van der Waals surface area contributed by atoms with Crippen molar-refractivity contribution in [2.75, 3.05) is 29.3 Å². The molecule has 1 aliphatic heterocycles. The average Bonchev–Trinajstić information content (AvgIpc) is 2.64. The number of amides is 1.